The zero-order chi connectivity index (χ0) is 28.0. The minimum Gasteiger partial charge on any atom is -0.367 e. The van der Waals surface area contributed by atoms with Gasteiger partial charge in [-0.2, -0.15) is 0 Å². The Balaban J connectivity index is 1.33. The van der Waals surface area contributed by atoms with Gasteiger partial charge in [0.1, 0.15) is 12.0 Å². The molecule has 0 amide bonds. The minimum atomic E-state index is -3.32. The van der Waals surface area contributed by atoms with Crippen LogP contribution in [0.5, 0.6) is 0 Å². The molecule has 2 saturated carbocycles. The number of rotatable bonds is 9. The molecule has 0 aromatic carbocycles. The molecule has 2 fully saturated rings. The van der Waals surface area contributed by atoms with Crippen LogP contribution in [0.1, 0.15) is 81.8 Å². The van der Waals surface area contributed by atoms with Crippen LogP contribution in [0.15, 0.2) is 40.7 Å². The molecular weight excluding hydrogens is 528 g/mol. The monoisotopic (exact) mass is 562 g/mol. The van der Waals surface area contributed by atoms with Crippen LogP contribution in [-0.4, -0.2) is 62.3 Å². The number of aromatic nitrogens is 5. The van der Waals surface area contributed by atoms with Crippen LogP contribution in [0.25, 0.3) is 11.4 Å². The zero-order valence-electron chi connectivity index (χ0n) is 22.9. The van der Waals surface area contributed by atoms with E-state index in [2.05, 4.69) is 32.2 Å². The molecule has 1 unspecified atom stereocenters. The molecule has 0 radical (unpaired) electrons. The Morgan fingerprint density at radius 3 is 2.30 bits per heavy atom. The molecule has 0 bridgehead atoms. The molecule has 6 rings (SSSR count). The molecule has 40 heavy (non-hydrogen) atoms. The predicted octanol–water partition coefficient (Wildman–Crippen LogP) is 3.63. The van der Waals surface area contributed by atoms with Gasteiger partial charge in [0.15, 0.2) is 33.5 Å². The number of hydrogen-bond acceptors (Lipinski definition) is 11. The first-order valence-corrected chi connectivity index (χ1v) is 15.6. The van der Waals surface area contributed by atoms with Crippen LogP contribution in [0.3, 0.4) is 0 Å². The van der Waals surface area contributed by atoms with Crippen LogP contribution in [0, 0.1) is 0 Å². The van der Waals surface area contributed by atoms with E-state index in [9.17, 15) is 13.5 Å². The lowest BCUT2D eigenvalue weighted by Crippen LogP contribution is -2.52. The average molecular weight is 563 g/mol. The standard InChI is InChI=1S/C28H34N8O3S/c1-4-16(3)36-27-21(34-26(28(36)37)30-12-19-10-11-20(13-29-19)40(38,39)5-2)14-31-25(35-27)22-23(17-6-7-17)32-15-33-24(22)18-8-9-18/h10-11,13-18,28,37H,4-9,12H2,1-3H3,(H,30,34)/t16-,28?/m0/s1. The smallest absolute Gasteiger partial charge is 0.187 e. The van der Waals surface area contributed by atoms with E-state index in [1.54, 1.807) is 31.6 Å². The van der Waals surface area contributed by atoms with E-state index in [1.807, 2.05) is 11.8 Å². The molecule has 2 N–H and O–H groups in total. The number of aliphatic imine (C=N–C) groups is 1. The van der Waals surface area contributed by atoms with Crippen molar-refractivity contribution in [3.05, 3.63) is 47.9 Å². The van der Waals surface area contributed by atoms with E-state index >= 15 is 0 Å². The lowest BCUT2D eigenvalue weighted by atomic mass is 10.0. The topological polar surface area (TPSA) is 146 Å². The third-order valence-corrected chi connectivity index (χ3v) is 9.57. The van der Waals surface area contributed by atoms with Gasteiger partial charge < -0.3 is 15.3 Å². The maximum Gasteiger partial charge on any atom is 0.187 e. The second-order valence-corrected chi connectivity index (χ2v) is 13.0. The summed E-state index contributed by atoms with van der Waals surface area (Å²) in [6.45, 7) is 5.98. The van der Waals surface area contributed by atoms with E-state index in [4.69, 9.17) is 9.97 Å². The maximum absolute atomic E-state index is 12.1. The highest BCUT2D eigenvalue weighted by Crippen LogP contribution is 2.49. The van der Waals surface area contributed by atoms with Gasteiger partial charge in [-0.05, 0) is 51.2 Å². The number of amidine groups is 1. The van der Waals surface area contributed by atoms with E-state index in [1.165, 1.54) is 6.20 Å². The number of fused-ring (bicyclic) bond motifs is 1. The highest BCUT2D eigenvalue weighted by atomic mass is 32.2. The number of aliphatic hydroxyl groups is 1. The molecule has 12 heteroatoms. The van der Waals surface area contributed by atoms with Crippen LogP contribution in [-0.2, 0) is 16.4 Å². The summed E-state index contributed by atoms with van der Waals surface area (Å²) < 4.78 is 24.2. The van der Waals surface area contributed by atoms with Crippen molar-refractivity contribution in [2.24, 2.45) is 4.99 Å². The first-order valence-electron chi connectivity index (χ1n) is 14.0. The second-order valence-electron chi connectivity index (χ2n) is 10.7. The molecule has 2 atom stereocenters. The Morgan fingerprint density at radius 2 is 1.73 bits per heavy atom. The lowest BCUT2D eigenvalue weighted by molar-refractivity contribution is 0.215. The highest BCUT2D eigenvalue weighted by Gasteiger charge is 2.37. The van der Waals surface area contributed by atoms with Gasteiger partial charge >= 0.3 is 0 Å². The largest absolute Gasteiger partial charge is 0.367 e. The summed E-state index contributed by atoms with van der Waals surface area (Å²) in [6, 6.07) is 3.19. The van der Waals surface area contributed by atoms with E-state index in [0.29, 0.717) is 40.7 Å². The van der Waals surface area contributed by atoms with Crippen molar-refractivity contribution in [1.82, 2.24) is 30.2 Å². The summed E-state index contributed by atoms with van der Waals surface area (Å²) in [5, 5.41) is 14.6. The SMILES string of the molecule is CC[C@H](C)N1c2nc(-c3c(C4CC4)ncnc3C3CC3)ncc2N=C(NCc2ccc(S(=O)(=O)CC)cn2)C1O. The van der Waals surface area contributed by atoms with Crippen molar-refractivity contribution in [3.8, 4) is 11.4 Å². The van der Waals surface area contributed by atoms with Crippen molar-refractivity contribution >= 4 is 27.2 Å². The molecule has 3 aliphatic rings. The van der Waals surface area contributed by atoms with Crippen molar-refractivity contribution in [2.75, 3.05) is 10.7 Å². The quantitative estimate of drug-likeness (QED) is 0.396. The Labute approximate surface area is 234 Å². The predicted molar refractivity (Wildman–Crippen MR) is 151 cm³/mol. The van der Waals surface area contributed by atoms with Crippen LogP contribution in [0.2, 0.25) is 0 Å². The van der Waals surface area contributed by atoms with Gasteiger partial charge in [0, 0.05) is 24.1 Å². The summed E-state index contributed by atoms with van der Waals surface area (Å²) in [7, 11) is -3.32. The van der Waals surface area contributed by atoms with Gasteiger partial charge in [-0.15, -0.1) is 0 Å². The minimum absolute atomic E-state index is 0.0189. The second kappa shape index (κ2) is 10.5. The van der Waals surface area contributed by atoms with Gasteiger partial charge in [0.25, 0.3) is 0 Å². The third-order valence-electron chi connectivity index (χ3n) is 7.85. The molecule has 11 nitrogen and oxygen atoms in total. The van der Waals surface area contributed by atoms with Crippen molar-refractivity contribution in [2.45, 2.75) is 88.4 Å². The van der Waals surface area contributed by atoms with Crippen molar-refractivity contribution in [1.29, 1.82) is 0 Å². The first-order chi connectivity index (χ1) is 19.3. The summed E-state index contributed by atoms with van der Waals surface area (Å²) in [5.74, 6) is 2.38. The summed E-state index contributed by atoms with van der Waals surface area (Å²) in [5.41, 5.74) is 4.19. The lowest BCUT2D eigenvalue weighted by Gasteiger charge is -2.38. The van der Waals surface area contributed by atoms with Gasteiger partial charge in [-0.3, -0.25) is 4.98 Å². The molecule has 3 aromatic rings. The third kappa shape index (κ3) is 5.05. The van der Waals surface area contributed by atoms with Gasteiger partial charge in [0.05, 0.1) is 46.0 Å². The van der Waals surface area contributed by atoms with Gasteiger partial charge in [-0.25, -0.2) is 33.3 Å². The highest BCUT2D eigenvalue weighted by molar-refractivity contribution is 7.91. The Hall–Kier alpha value is -3.51. The van der Waals surface area contributed by atoms with Crippen LogP contribution < -0.4 is 10.2 Å². The zero-order valence-corrected chi connectivity index (χ0v) is 23.8. The van der Waals surface area contributed by atoms with Crippen LogP contribution in [0.4, 0.5) is 11.5 Å². The molecule has 4 heterocycles. The van der Waals surface area contributed by atoms with Gasteiger partial charge in [0.2, 0.25) is 0 Å². The number of pyridine rings is 1. The molecule has 0 spiro atoms. The number of anilines is 1. The maximum atomic E-state index is 12.1. The summed E-state index contributed by atoms with van der Waals surface area (Å²) >= 11 is 0. The Bertz CT molecular complexity index is 1520. The normalized spacial score (nSPS) is 19.6. The van der Waals surface area contributed by atoms with E-state index < -0.39 is 16.1 Å². The number of sulfone groups is 1. The van der Waals surface area contributed by atoms with Crippen molar-refractivity contribution < 1.29 is 13.5 Å². The summed E-state index contributed by atoms with van der Waals surface area (Å²) in [4.78, 5) is 30.1. The fourth-order valence-corrected chi connectivity index (χ4v) is 5.81. The van der Waals surface area contributed by atoms with Gasteiger partial charge in [-0.1, -0.05) is 13.8 Å². The summed E-state index contributed by atoms with van der Waals surface area (Å²) in [6.07, 6.45) is 8.93. The fourth-order valence-electron chi connectivity index (χ4n) is 4.99. The Kier molecular flexibility index (Phi) is 6.99. The number of aliphatic hydroxyl groups excluding tert-OH is 1. The molecule has 1 aliphatic heterocycles. The number of hydrogen-bond donors (Lipinski definition) is 2. The molecule has 210 valence electrons. The average Bonchev–Trinajstić information content (AvgIpc) is 3.89. The van der Waals surface area contributed by atoms with E-state index in [0.717, 1.165) is 49.1 Å². The molecular formula is C28H34N8O3S. The number of nitrogens with zero attached hydrogens (tertiary/aromatic N) is 7. The number of nitrogens with one attached hydrogen (secondary N) is 1. The molecule has 2 aliphatic carbocycles. The first kappa shape index (κ1) is 26.7. The van der Waals surface area contributed by atoms with E-state index in [-0.39, 0.29) is 23.2 Å². The fraction of sp³-hybridized carbons (Fsp3) is 0.500. The van der Waals surface area contributed by atoms with Crippen LogP contribution >= 0.6 is 0 Å². The van der Waals surface area contributed by atoms with Crippen molar-refractivity contribution in [3.63, 3.8) is 0 Å². The molecule has 3 aromatic heterocycles. The Morgan fingerprint density at radius 1 is 1.02 bits per heavy atom. The molecule has 0 saturated heterocycles.